The lowest BCUT2D eigenvalue weighted by Gasteiger charge is -2.07. The highest BCUT2D eigenvalue weighted by molar-refractivity contribution is 6.39. The zero-order valence-electron chi connectivity index (χ0n) is 18.3. The third-order valence-corrected chi connectivity index (χ3v) is 4.34. The van der Waals surface area contributed by atoms with Crippen LogP contribution in [0, 0.1) is 5.82 Å². The minimum Gasteiger partial charge on any atom is -0.494 e. The van der Waals surface area contributed by atoms with Gasteiger partial charge >= 0.3 is 17.8 Å². The minimum atomic E-state index is -0.989. The monoisotopic (exact) mass is 463 g/mol. The van der Waals surface area contributed by atoms with Crippen molar-refractivity contribution < 1.29 is 28.2 Å². The summed E-state index contributed by atoms with van der Waals surface area (Å²) in [6, 6.07) is 18.0. The van der Waals surface area contributed by atoms with Gasteiger partial charge in [0.15, 0.2) is 0 Å². The number of nitrogens with zero attached hydrogens (tertiary/aromatic N) is 1. The molecular formula is C25H22FN3O5. The summed E-state index contributed by atoms with van der Waals surface area (Å²) in [5.41, 5.74) is 3.35. The number of ether oxygens (including phenoxy) is 2. The van der Waals surface area contributed by atoms with Gasteiger partial charge in [-0.3, -0.25) is 9.59 Å². The molecule has 3 rings (SSSR count). The summed E-state index contributed by atoms with van der Waals surface area (Å²) in [5.74, 6) is -1.89. The maximum Gasteiger partial charge on any atom is 0.343 e. The Bertz CT molecular complexity index is 1160. The molecule has 2 amide bonds. The van der Waals surface area contributed by atoms with Gasteiger partial charge < -0.3 is 14.8 Å². The molecule has 3 aromatic rings. The molecule has 0 saturated carbocycles. The van der Waals surface area contributed by atoms with E-state index in [1.165, 1.54) is 18.3 Å². The van der Waals surface area contributed by atoms with Crippen LogP contribution in [0.5, 0.6) is 11.5 Å². The van der Waals surface area contributed by atoms with Crippen LogP contribution in [0.2, 0.25) is 0 Å². The topological polar surface area (TPSA) is 106 Å². The molecule has 0 aromatic heterocycles. The number of esters is 1. The fraction of sp³-hybridized carbons (Fsp3) is 0.120. The fourth-order valence-electron chi connectivity index (χ4n) is 2.63. The number of carbonyl (C=O) groups is 3. The standard InChI is InChI=1S/C25H22FN3O5/c1-2-15-33-21-13-5-18(6-14-21)25(32)34-22-11-3-17(4-12-22)16-27-29-24(31)23(30)28-20-9-7-19(26)8-10-20/h3-14,16H,2,15H2,1H3,(H,28,30)(H,29,31). The molecule has 9 heteroatoms. The van der Waals surface area contributed by atoms with Crippen molar-refractivity contribution in [1.82, 2.24) is 5.43 Å². The molecule has 3 aromatic carbocycles. The van der Waals surface area contributed by atoms with E-state index in [2.05, 4.69) is 15.8 Å². The van der Waals surface area contributed by atoms with E-state index in [1.807, 2.05) is 6.92 Å². The Labute approximate surface area is 195 Å². The summed E-state index contributed by atoms with van der Waals surface area (Å²) in [6.45, 7) is 2.61. The molecule has 0 radical (unpaired) electrons. The molecule has 0 bridgehead atoms. The van der Waals surface area contributed by atoms with Crippen molar-refractivity contribution in [1.29, 1.82) is 0 Å². The normalized spacial score (nSPS) is 10.5. The van der Waals surface area contributed by atoms with Crippen LogP contribution in [0.25, 0.3) is 0 Å². The van der Waals surface area contributed by atoms with Crippen LogP contribution in [-0.2, 0) is 9.59 Å². The smallest absolute Gasteiger partial charge is 0.343 e. The second kappa shape index (κ2) is 11.9. The van der Waals surface area contributed by atoms with Crippen LogP contribution in [0.4, 0.5) is 10.1 Å². The molecule has 0 spiro atoms. The number of nitrogens with one attached hydrogen (secondary N) is 2. The van der Waals surface area contributed by atoms with Crippen LogP contribution in [-0.4, -0.2) is 30.6 Å². The van der Waals surface area contributed by atoms with Crippen molar-refractivity contribution in [2.45, 2.75) is 13.3 Å². The highest BCUT2D eigenvalue weighted by Gasteiger charge is 2.13. The van der Waals surface area contributed by atoms with E-state index in [4.69, 9.17) is 9.47 Å². The van der Waals surface area contributed by atoms with Gasteiger partial charge in [-0.25, -0.2) is 14.6 Å². The van der Waals surface area contributed by atoms with E-state index in [1.54, 1.807) is 48.5 Å². The molecule has 0 aliphatic heterocycles. The number of carbonyl (C=O) groups excluding carboxylic acids is 3. The van der Waals surface area contributed by atoms with Crippen LogP contribution in [0.15, 0.2) is 77.9 Å². The molecule has 0 atom stereocenters. The third-order valence-electron chi connectivity index (χ3n) is 4.34. The van der Waals surface area contributed by atoms with Gasteiger partial charge in [0.1, 0.15) is 17.3 Å². The first-order valence-corrected chi connectivity index (χ1v) is 10.4. The maximum atomic E-state index is 12.9. The first-order chi connectivity index (χ1) is 16.4. The number of anilines is 1. The molecule has 174 valence electrons. The lowest BCUT2D eigenvalue weighted by Crippen LogP contribution is -2.32. The Hall–Kier alpha value is -4.53. The SMILES string of the molecule is CCCOc1ccc(C(=O)Oc2ccc(C=NNC(=O)C(=O)Nc3ccc(F)cc3)cc2)cc1. The predicted molar refractivity (Wildman–Crippen MR) is 124 cm³/mol. The van der Waals surface area contributed by atoms with Crippen LogP contribution >= 0.6 is 0 Å². The average molecular weight is 463 g/mol. The number of benzene rings is 3. The van der Waals surface area contributed by atoms with Crippen LogP contribution in [0.3, 0.4) is 0 Å². The summed E-state index contributed by atoms with van der Waals surface area (Å²) in [6.07, 6.45) is 2.22. The lowest BCUT2D eigenvalue weighted by molar-refractivity contribution is -0.136. The van der Waals surface area contributed by atoms with Gasteiger partial charge in [-0.2, -0.15) is 5.10 Å². The van der Waals surface area contributed by atoms with E-state index in [-0.39, 0.29) is 5.69 Å². The lowest BCUT2D eigenvalue weighted by atomic mass is 10.2. The Kier molecular flexibility index (Phi) is 8.45. The molecule has 0 heterocycles. The minimum absolute atomic E-state index is 0.274. The Morgan fingerprint density at radius 1 is 0.882 bits per heavy atom. The third kappa shape index (κ3) is 7.27. The summed E-state index contributed by atoms with van der Waals surface area (Å²) in [5, 5.41) is 6.04. The molecule has 0 fully saturated rings. The van der Waals surface area contributed by atoms with Crippen LogP contribution < -0.4 is 20.2 Å². The molecule has 2 N–H and O–H groups in total. The highest BCUT2D eigenvalue weighted by atomic mass is 19.1. The van der Waals surface area contributed by atoms with Gasteiger partial charge in [-0.05, 0) is 84.8 Å². The Balaban J connectivity index is 1.48. The van der Waals surface area contributed by atoms with Gasteiger partial charge in [-0.1, -0.05) is 6.92 Å². The number of hydrazone groups is 1. The number of rotatable bonds is 8. The van der Waals surface area contributed by atoms with Crippen molar-refractivity contribution in [3.8, 4) is 11.5 Å². The Morgan fingerprint density at radius 2 is 1.53 bits per heavy atom. The van der Waals surface area contributed by atoms with Crippen molar-refractivity contribution in [3.63, 3.8) is 0 Å². The fourth-order valence-corrected chi connectivity index (χ4v) is 2.63. The Morgan fingerprint density at radius 3 is 2.18 bits per heavy atom. The molecule has 0 aliphatic carbocycles. The molecule has 8 nitrogen and oxygen atoms in total. The number of halogens is 1. The first-order valence-electron chi connectivity index (χ1n) is 10.4. The molecular weight excluding hydrogens is 441 g/mol. The zero-order chi connectivity index (χ0) is 24.3. The summed E-state index contributed by atoms with van der Waals surface area (Å²) in [7, 11) is 0. The van der Waals surface area contributed by atoms with Crippen molar-refractivity contribution in [2.24, 2.45) is 5.10 Å². The van der Waals surface area contributed by atoms with Crippen molar-refractivity contribution in [2.75, 3.05) is 11.9 Å². The van der Waals surface area contributed by atoms with E-state index < -0.39 is 23.6 Å². The molecule has 0 aliphatic rings. The summed E-state index contributed by atoms with van der Waals surface area (Å²) < 4.78 is 23.7. The number of hydrogen-bond acceptors (Lipinski definition) is 6. The van der Waals surface area contributed by atoms with E-state index in [0.29, 0.717) is 29.2 Å². The first kappa shape index (κ1) is 24.1. The predicted octanol–water partition coefficient (Wildman–Crippen LogP) is 3.92. The van der Waals surface area contributed by atoms with Crippen LogP contribution in [0.1, 0.15) is 29.3 Å². The summed E-state index contributed by atoms with van der Waals surface area (Å²) >= 11 is 0. The highest BCUT2D eigenvalue weighted by Crippen LogP contribution is 2.16. The van der Waals surface area contributed by atoms with E-state index >= 15 is 0 Å². The zero-order valence-corrected chi connectivity index (χ0v) is 18.3. The van der Waals surface area contributed by atoms with Gasteiger partial charge in [0, 0.05) is 5.69 Å². The second-order valence-electron chi connectivity index (χ2n) is 6.99. The number of hydrogen-bond donors (Lipinski definition) is 2. The molecule has 0 unspecified atom stereocenters. The van der Waals surface area contributed by atoms with Crippen molar-refractivity contribution >= 4 is 29.7 Å². The number of amides is 2. The summed E-state index contributed by atoms with van der Waals surface area (Å²) in [4.78, 5) is 35.9. The van der Waals surface area contributed by atoms with Gasteiger partial charge in [-0.15, -0.1) is 0 Å². The molecule has 34 heavy (non-hydrogen) atoms. The molecule has 0 saturated heterocycles. The largest absolute Gasteiger partial charge is 0.494 e. The quantitative estimate of drug-likeness (QED) is 0.173. The second-order valence-corrected chi connectivity index (χ2v) is 6.99. The van der Waals surface area contributed by atoms with E-state index in [0.717, 1.165) is 18.6 Å². The van der Waals surface area contributed by atoms with E-state index in [9.17, 15) is 18.8 Å². The maximum absolute atomic E-state index is 12.9. The average Bonchev–Trinajstić information content (AvgIpc) is 2.85. The van der Waals surface area contributed by atoms with Gasteiger partial charge in [0.05, 0.1) is 18.4 Å². The van der Waals surface area contributed by atoms with Gasteiger partial charge in [0.25, 0.3) is 0 Å². The van der Waals surface area contributed by atoms with Gasteiger partial charge in [0.2, 0.25) is 0 Å². The van der Waals surface area contributed by atoms with Crippen molar-refractivity contribution in [3.05, 3.63) is 89.7 Å².